The van der Waals surface area contributed by atoms with Gasteiger partial charge in [0.2, 0.25) is 5.91 Å². The molecule has 1 unspecified atom stereocenters. The van der Waals surface area contributed by atoms with Crippen LogP contribution in [0.4, 0.5) is 0 Å². The maximum Gasteiger partial charge on any atom is 0.260 e. The second-order valence-electron chi connectivity index (χ2n) is 4.77. The summed E-state index contributed by atoms with van der Waals surface area (Å²) in [7, 11) is 0. The summed E-state index contributed by atoms with van der Waals surface area (Å²) in [5, 5.41) is 3.85. The van der Waals surface area contributed by atoms with Gasteiger partial charge in [0.1, 0.15) is 0 Å². The largest absolute Gasteiger partial charge is 0.306 e. The molecule has 0 saturated carbocycles. The molecule has 1 aliphatic heterocycles. The minimum absolute atomic E-state index is 0.149. The first-order chi connectivity index (χ1) is 9.18. The quantitative estimate of drug-likeness (QED) is 0.474. The van der Waals surface area contributed by atoms with E-state index in [-0.39, 0.29) is 24.3 Å². The Labute approximate surface area is 112 Å². The molecule has 1 atom stereocenters. The molecule has 2 amide bonds. The molecule has 1 heterocycles. The number of carbonyl (C=O) groups is 2. The fourth-order valence-electron chi connectivity index (χ4n) is 2.21. The lowest BCUT2D eigenvalue weighted by Gasteiger charge is -2.26. The number of amides is 2. The Kier molecular flexibility index (Phi) is 4.65. The molecule has 3 N–H and O–H groups in total. The zero-order valence-corrected chi connectivity index (χ0v) is 10.8. The summed E-state index contributed by atoms with van der Waals surface area (Å²) in [6, 6.07) is 8.95. The molecule has 1 aromatic rings. The topological polar surface area (TPSA) is 75.4 Å². The summed E-state index contributed by atoms with van der Waals surface area (Å²) >= 11 is 0. The highest BCUT2D eigenvalue weighted by atomic mass is 16.2. The van der Waals surface area contributed by atoms with Gasteiger partial charge < -0.3 is 5.32 Å². The Balaban J connectivity index is 1.93. The van der Waals surface area contributed by atoms with E-state index in [0.717, 1.165) is 36.4 Å². The zero-order valence-electron chi connectivity index (χ0n) is 10.8. The number of hydrogen-bond donors (Lipinski definition) is 2. The molecule has 0 aliphatic carbocycles. The van der Waals surface area contributed by atoms with Crippen LogP contribution in [-0.2, 0) is 16.0 Å². The van der Waals surface area contributed by atoms with Gasteiger partial charge in [0.25, 0.3) is 5.91 Å². The van der Waals surface area contributed by atoms with Crippen LogP contribution in [0.1, 0.15) is 24.8 Å². The highest BCUT2D eigenvalue weighted by molar-refractivity contribution is 5.97. The van der Waals surface area contributed by atoms with E-state index in [0.29, 0.717) is 0 Å². The van der Waals surface area contributed by atoms with E-state index < -0.39 is 0 Å². The number of carbonyl (C=O) groups excluding carboxylic acids is 2. The Morgan fingerprint density at radius 3 is 2.63 bits per heavy atom. The van der Waals surface area contributed by atoms with Gasteiger partial charge in [-0.25, -0.2) is 10.9 Å². The third kappa shape index (κ3) is 3.62. The van der Waals surface area contributed by atoms with E-state index in [1.54, 1.807) is 0 Å². The Morgan fingerprint density at radius 1 is 1.26 bits per heavy atom. The number of imide groups is 1. The minimum Gasteiger partial charge on any atom is -0.306 e. The van der Waals surface area contributed by atoms with E-state index in [4.69, 9.17) is 5.84 Å². The maximum absolute atomic E-state index is 12.0. The van der Waals surface area contributed by atoms with Crippen molar-refractivity contribution in [3.05, 3.63) is 35.9 Å². The molecule has 0 aromatic heterocycles. The van der Waals surface area contributed by atoms with Crippen molar-refractivity contribution in [2.24, 2.45) is 5.84 Å². The molecule has 0 bridgehead atoms. The van der Waals surface area contributed by atoms with Crippen LogP contribution in [-0.4, -0.2) is 29.4 Å². The molecular formula is C14H19N3O2. The number of piperidine rings is 1. The number of benzene rings is 1. The number of nitrogens with two attached hydrogens (primary N) is 1. The first-order valence-electron chi connectivity index (χ1n) is 6.57. The van der Waals surface area contributed by atoms with Crippen LogP contribution in [0.5, 0.6) is 0 Å². The monoisotopic (exact) mass is 261 g/mol. The Hall–Kier alpha value is -1.72. The summed E-state index contributed by atoms with van der Waals surface area (Å²) < 4.78 is 0. The van der Waals surface area contributed by atoms with Crippen molar-refractivity contribution < 1.29 is 9.59 Å². The van der Waals surface area contributed by atoms with Crippen molar-refractivity contribution >= 4 is 11.8 Å². The van der Waals surface area contributed by atoms with Crippen LogP contribution >= 0.6 is 0 Å². The minimum atomic E-state index is -0.372. The number of hydrazine groups is 1. The fraction of sp³-hybridized carbons (Fsp3) is 0.429. The van der Waals surface area contributed by atoms with Crippen molar-refractivity contribution in [1.29, 1.82) is 0 Å². The Bertz CT molecular complexity index is 441. The van der Waals surface area contributed by atoms with E-state index in [2.05, 4.69) is 5.32 Å². The van der Waals surface area contributed by atoms with Gasteiger partial charge in [0.05, 0.1) is 12.5 Å². The smallest absolute Gasteiger partial charge is 0.260 e. The van der Waals surface area contributed by atoms with Crippen LogP contribution in [0.15, 0.2) is 30.3 Å². The van der Waals surface area contributed by atoms with Gasteiger partial charge in [0, 0.05) is 0 Å². The van der Waals surface area contributed by atoms with Crippen LogP contribution in [0.25, 0.3) is 0 Å². The highest BCUT2D eigenvalue weighted by Gasteiger charge is 2.27. The first kappa shape index (κ1) is 13.7. The fourth-order valence-corrected chi connectivity index (χ4v) is 2.21. The molecule has 1 aliphatic rings. The molecule has 5 heteroatoms. The molecule has 19 heavy (non-hydrogen) atoms. The third-order valence-corrected chi connectivity index (χ3v) is 3.31. The molecule has 5 nitrogen and oxygen atoms in total. The summed E-state index contributed by atoms with van der Waals surface area (Å²) in [4.78, 5) is 24.0. The first-order valence-corrected chi connectivity index (χ1v) is 6.57. The SMILES string of the molecule is NN(C(=O)Cc1ccccc1)C(=O)C1CCCCN1. The summed E-state index contributed by atoms with van der Waals surface area (Å²) in [5.74, 6) is 4.93. The van der Waals surface area contributed by atoms with Crippen molar-refractivity contribution in [2.75, 3.05) is 6.54 Å². The predicted octanol–water partition coefficient (Wildman–Crippen LogP) is 0.600. The lowest BCUT2D eigenvalue weighted by molar-refractivity contribution is -0.146. The standard InChI is InChI=1S/C14H19N3O2/c15-17(14(19)12-8-4-5-9-16-12)13(18)10-11-6-2-1-3-7-11/h1-3,6-7,12,16H,4-5,8-10,15H2. The van der Waals surface area contributed by atoms with Crippen molar-refractivity contribution in [2.45, 2.75) is 31.7 Å². The van der Waals surface area contributed by atoms with Crippen LogP contribution < -0.4 is 11.2 Å². The van der Waals surface area contributed by atoms with E-state index in [1.807, 2.05) is 30.3 Å². The third-order valence-electron chi connectivity index (χ3n) is 3.31. The second kappa shape index (κ2) is 6.45. The van der Waals surface area contributed by atoms with E-state index in [9.17, 15) is 9.59 Å². The van der Waals surface area contributed by atoms with Gasteiger partial charge in [-0.3, -0.25) is 9.59 Å². The van der Waals surface area contributed by atoms with Crippen molar-refractivity contribution in [3.8, 4) is 0 Å². The van der Waals surface area contributed by atoms with E-state index >= 15 is 0 Å². The Morgan fingerprint density at radius 2 is 2.00 bits per heavy atom. The van der Waals surface area contributed by atoms with Crippen LogP contribution in [0.3, 0.4) is 0 Å². The van der Waals surface area contributed by atoms with Gasteiger partial charge in [-0.15, -0.1) is 0 Å². The number of nitrogens with zero attached hydrogens (tertiary/aromatic N) is 1. The summed E-state index contributed by atoms with van der Waals surface area (Å²) in [6.45, 7) is 0.803. The maximum atomic E-state index is 12.0. The molecule has 1 saturated heterocycles. The molecule has 102 valence electrons. The van der Waals surface area contributed by atoms with Gasteiger partial charge in [-0.1, -0.05) is 36.8 Å². The summed E-state index contributed by atoms with van der Waals surface area (Å²) in [5.41, 5.74) is 0.854. The van der Waals surface area contributed by atoms with Crippen LogP contribution in [0.2, 0.25) is 0 Å². The number of nitrogens with one attached hydrogen (secondary N) is 1. The molecule has 2 rings (SSSR count). The lowest BCUT2D eigenvalue weighted by atomic mass is 10.0. The zero-order chi connectivity index (χ0) is 13.7. The van der Waals surface area contributed by atoms with Gasteiger partial charge in [0.15, 0.2) is 0 Å². The van der Waals surface area contributed by atoms with E-state index in [1.165, 1.54) is 0 Å². The molecule has 0 radical (unpaired) electrons. The van der Waals surface area contributed by atoms with Gasteiger partial charge in [-0.05, 0) is 24.9 Å². The number of hydrogen-bond acceptors (Lipinski definition) is 4. The second-order valence-corrected chi connectivity index (χ2v) is 4.77. The van der Waals surface area contributed by atoms with Crippen molar-refractivity contribution in [3.63, 3.8) is 0 Å². The van der Waals surface area contributed by atoms with Crippen molar-refractivity contribution in [1.82, 2.24) is 10.3 Å². The molecule has 1 fully saturated rings. The average molecular weight is 261 g/mol. The number of rotatable bonds is 3. The molecular weight excluding hydrogens is 242 g/mol. The summed E-state index contributed by atoms with van der Waals surface area (Å²) in [6.07, 6.45) is 2.94. The molecule has 1 aromatic carbocycles. The van der Waals surface area contributed by atoms with Gasteiger partial charge >= 0.3 is 0 Å². The lowest BCUT2D eigenvalue weighted by Crippen LogP contribution is -2.53. The normalized spacial score (nSPS) is 18.9. The predicted molar refractivity (Wildman–Crippen MR) is 71.8 cm³/mol. The highest BCUT2D eigenvalue weighted by Crippen LogP contribution is 2.09. The molecule has 0 spiro atoms. The van der Waals surface area contributed by atoms with Gasteiger partial charge in [-0.2, -0.15) is 0 Å². The average Bonchev–Trinajstić information content (AvgIpc) is 2.47. The van der Waals surface area contributed by atoms with Crippen LogP contribution in [0, 0.1) is 0 Å².